The van der Waals surface area contributed by atoms with Crippen LogP contribution >= 0.6 is 0 Å². The number of rotatable bonds is 10. The highest BCUT2D eigenvalue weighted by Gasteiger charge is 2.14. The van der Waals surface area contributed by atoms with E-state index >= 15 is 0 Å². The molecule has 3 rings (SSSR count). The molecular formula is C26H32N2O3. The van der Waals surface area contributed by atoms with Crippen molar-refractivity contribution in [2.24, 2.45) is 5.92 Å². The summed E-state index contributed by atoms with van der Waals surface area (Å²) in [7, 11) is 0. The van der Waals surface area contributed by atoms with Crippen LogP contribution in [-0.4, -0.2) is 36.8 Å². The lowest BCUT2D eigenvalue weighted by molar-refractivity contribution is 0.0757. The van der Waals surface area contributed by atoms with Crippen LogP contribution in [0.4, 0.5) is 0 Å². The number of carbonyl (C=O) groups is 1. The summed E-state index contributed by atoms with van der Waals surface area (Å²) < 4.78 is 11.4. The third-order valence-corrected chi connectivity index (χ3v) is 4.73. The molecule has 0 aliphatic heterocycles. The van der Waals surface area contributed by atoms with Crippen molar-refractivity contribution in [3.05, 3.63) is 60.2 Å². The number of carbonyl (C=O) groups excluding carboxylic acids is 1. The molecule has 0 spiro atoms. The van der Waals surface area contributed by atoms with Gasteiger partial charge in [-0.15, -0.1) is 0 Å². The zero-order valence-corrected chi connectivity index (χ0v) is 18.9. The Balaban J connectivity index is 1.84. The fourth-order valence-electron chi connectivity index (χ4n) is 3.21. The van der Waals surface area contributed by atoms with Gasteiger partial charge in [-0.3, -0.25) is 4.79 Å². The lowest BCUT2D eigenvalue weighted by Gasteiger charge is -2.13. The molecule has 0 atom stereocenters. The quantitative estimate of drug-likeness (QED) is 0.441. The maximum atomic E-state index is 13.0. The maximum absolute atomic E-state index is 13.0. The Morgan fingerprint density at radius 1 is 1.03 bits per heavy atom. The molecular weight excluding hydrogens is 388 g/mol. The Morgan fingerprint density at radius 2 is 1.84 bits per heavy atom. The molecule has 0 unspecified atom stereocenters. The summed E-state index contributed by atoms with van der Waals surface area (Å²) in [5.74, 6) is 1.15. The highest BCUT2D eigenvalue weighted by atomic mass is 16.5. The molecule has 0 radical (unpaired) electrons. The number of hydrogen-bond acceptors (Lipinski definition) is 4. The van der Waals surface area contributed by atoms with E-state index in [4.69, 9.17) is 14.5 Å². The standard InChI is InChI=1S/C26H32N2O3/c1-18(2)17-31-21-10-7-9-20(15-21)25-16-23(22-11-5-6-12-24(22)28-25)26(29)27-13-8-14-30-19(3)4/h5-7,9-12,15-16,18-19H,8,13-14,17H2,1-4H3,(H,27,29). The van der Waals surface area contributed by atoms with Crippen LogP contribution in [0.2, 0.25) is 0 Å². The largest absolute Gasteiger partial charge is 0.493 e. The first-order valence-electron chi connectivity index (χ1n) is 11.0. The summed E-state index contributed by atoms with van der Waals surface area (Å²) in [4.78, 5) is 17.8. The summed E-state index contributed by atoms with van der Waals surface area (Å²) in [5, 5.41) is 3.86. The first-order chi connectivity index (χ1) is 14.9. The SMILES string of the molecule is CC(C)COc1cccc(-c2cc(C(=O)NCCCOC(C)C)c3ccccc3n2)c1. The first kappa shape index (κ1) is 22.8. The zero-order chi connectivity index (χ0) is 22.2. The molecule has 164 valence electrons. The van der Waals surface area contributed by atoms with Crippen LogP contribution in [0.25, 0.3) is 22.2 Å². The highest BCUT2D eigenvalue weighted by Crippen LogP contribution is 2.27. The molecule has 0 aliphatic rings. The van der Waals surface area contributed by atoms with E-state index in [1.54, 1.807) is 0 Å². The van der Waals surface area contributed by atoms with Crippen molar-refractivity contribution in [3.63, 3.8) is 0 Å². The van der Waals surface area contributed by atoms with E-state index in [1.165, 1.54) is 0 Å². The van der Waals surface area contributed by atoms with Gasteiger partial charge < -0.3 is 14.8 Å². The van der Waals surface area contributed by atoms with Crippen LogP contribution in [0.5, 0.6) is 5.75 Å². The van der Waals surface area contributed by atoms with E-state index in [0.717, 1.165) is 34.3 Å². The molecule has 2 aromatic carbocycles. The normalized spacial score (nSPS) is 11.3. The monoisotopic (exact) mass is 420 g/mol. The van der Waals surface area contributed by atoms with Crippen LogP contribution in [-0.2, 0) is 4.74 Å². The molecule has 1 amide bonds. The van der Waals surface area contributed by atoms with E-state index in [9.17, 15) is 4.79 Å². The molecule has 5 heteroatoms. The Bertz CT molecular complexity index is 1010. The third-order valence-electron chi connectivity index (χ3n) is 4.73. The molecule has 0 saturated carbocycles. The van der Waals surface area contributed by atoms with Gasteiger partial charge in [0.25, 0.3) is 5.91 Å². The number of para-hydroxylation sites is 1. The molecule has 1 aromatic heterocycles. The number of benzene rings is 2. The van der Waals surface area contributed by atoms with Crippen LogP contribution in [0.15, 0.2) is 54.6 Å². The molecule has 0 fully saturated rings. The second-order valence-corrected chi connectivity index (χ2v) is 8.33. The minimum Gasteiger partial charge on any atom is -0.493 e. The highest BCUT2D eigenvalue weighted by molar-refractivity contribution is 6.07. The van der Waals surface area contributed by atoms with Gasteiger partial charge in [0.05, 0.1) is 29.5 Å². The topological polar surface area (TPSA) is 60.5 Å². The number of amides is 1. The van der Waals surface area contributed by atoms with Gasteiger partial charge in [-0.25, -0.2) is 4.98 Å². The molecule has 0 aliphatic carbocycles. The zero-order valence-electron chi connectivity index (χ0n) is 18.9. The van der Waals surface area contributed by atoms with Crippen LogP contribution < -0.4 is 10.1 Å². The smallest absolute Gasteiger partial charge is 0.252 e. The molecule has 3 aromatic rings. The maximum Gasteiger partial charge on any atom is 0.252 e. The summed E-state index contributed by atoms with van der Waals surface area (Å²) in [5.41, 5.74) is 3.09. The van der Waals surface area contributed by atoms with Gasteiger partial charge in [0.1, 0.15) is 5.75 Å². The van der Waals surface area contributed by atoms with Crippen molar-refractivity contribution in [2.45, 2.75) is 40.2 Å². The Morgan fingerprint density at radius 3 is 2.61 bits per heavy atom. The van der Waals surface area contributed by atoms with Crippen molar-refractivity contribution in [2.75, 3.05) is 19.8 Å². The second kappa shape index (κ2) is 10.9. The predicted octanol–water partition coefficient (Wildman–Crippen LogP) is 5.48. The average molecular weight is 421 g/mol. The van der Waals surface area contributed by atoms with E-state index in [0.29, 0.717) is 31.2 Å². The van der Waals surface area contributed by atoms with Crippen molar-refractivity contribution in [1.29, 1.82) is 0 Å². The fourth-order valence-corrected chi connectivity index (χ4v) is 3.21. The fraction of sp³-hybridized carbons (Fsp3) is 0.385. The summed E-state index contributed by atoms with van der Waals surface area (Å²) >= 11 is 0. The van der Waals surface area contributed by atoms with Gasteiger partial charge in [-0.2, -0.15) is 0 Å². The van der Waals surface area contributed by atoms with Crippen LogP contribution in [0.3, 0.4) is 0 Å². The van der Waals surface area contributed by atoms with E-state index < -0.39 is 0 Å². The number of aromatic nitrogens is 1. The van der Waals surface area contributed by atoms with E-state index in [1.807, 2.05) is 68.4 Å². The molecule has 0 saturated heterocycles. The first-order valence-corrected chi connectivity index (χ1v) is 11.0. The number of nitrogens with one attached hydrogen (secondary N) is 1. The molecule has 1 N–H and O–H groups in total. The Kier molecular flexibility index (Phi) is 8.01. The lowest BCUT2D eigenvalue weighted by atomic mass is 10.0. The lowest BCUT2D eigenvalue weighted by Crippen LogP contribution is -2.26. The van der Waals surface area contributed by atoms with Crippen molar-refractivity contribution < 1.29 is 14.3 Å². The van der Waals surface area contributed by atoms with Gasteiger partial charge in [-0.05, 0) is 50.5 Å². The summed E-state index contributed by atoms with van der Waals surface area (Å²) in [6, 6.07) is 17.5. The number of hydrogen-bond donors (Lipinski definition) is 1. The Hall–Kier alpha value is -2.92. The van der Waals surface area contributed by atoms with Crippen molar-refractivity contribution in [3.8, 4) is 17.0 Å². The average Bonchev–Trinajstić information content (AvgIpc) is 2.76. The number of nitrogens with zero attached hydrogens (tertiary/aromatic N) is 1. The van der Waals surface area contributed by atoms with Crippen molar-refractivity contribution in [1.82, 2.24) is 10.3 Å². The van der Waals surface area contributed by atoms with Gasteiger partial charge in [0.15, 0.2) is 0 Å². The van der Waals surface area contributed by atoms with E-state index in [-0.39, 0.29) is 12.0 Å². The third kappa shape index (κ3) is 6.53. The van der Waals surface area contributed by atoms with Gasteiger partial charge in [0.2, 0.25) is 0 Å². The molecule has 0 bridgehead atoms. The van der Waals surface area contributed by atoms with Crippen LogP contribution in [0.1, 0.15) is 44.5 Å². The van der Waals surface area contributed by atoms with Gasteiger partial charge >= 0.3 is 0 Å². The van der Waals surface area contributed by atoms with E-state index in [2.05, 4.69) is 19.2 Å². The second-order valence-electron chi connectivity index (χ2n) is 8.33. The predicted molar refractivity (Wildman–Crippen MR) is 126 cm³/mol. The van der Waals surface area contributed by atoms with Crippen molar-refractivity contribution >= 4 is 16.8 Å². The molecule has 5 nitrogen and oxygen atoms in total. The molecule has 31 heavy (non-hydrogen) atoms. The Labute approximate surface area is 184 Å². The minimum atomic E-state index is -0.100. The summed E-state index contributed by atoms with van der Waals surface area (Å²) in [6.45, 7) is 10.1. The van der Waals surface area contributed by atoms with Gasteiger partial charge in [-0.1, -0.05) is 44.2 Å². The number of ether oxygens (including phenoxy) is 2. The number of pyridine rings is 1. The molecule has 1 heterocycles. The number of fused-ring (bicyclic) bond motifs is 1. The summed E-state index contributed by atoms with van der Waals surface area (Å²) in [6.07, 6.45) is 0.970. The van der Waals surface area contributed by atoms with Crippen LogP contribution in [0, 0.1) is 5.92 Å². The minimum absolute atomic E-state index is 0.100. The van der Waals surface area contributed by atoms with Gasteiger partial charge in [0, 0.05) is 24.1 Å².